The summed E-state index contributed by atoms with van der Waals surface area (Å²) in [4.78, 5) is 13.4. The van der Waals surface area contributed by atoms with Crippen molar-refractivity contribution in [2.24, 2.45) is 0 Å². The number of aliphatic hydroxyl groups excluding tert-OH is 8. The van der Waals surface area contributed by atoms with Crippen molar-refractivity contribution >= 4 is 5.91 Å². The van der Waals surface area contributed by atoms with Gasteiger partial charge in [-0.05, 0) is 32.1 Å². The minimum atomic E-state index is -1.79. The van der Waals surface area contributed by atoms with E-state index in [0.29, 0.717) is 12.8 Å². The summed E-state index contributed by atoms with van der Waals surface area (Å²) in [6.45, 7) is 2.84. The quantitative estimate of drug-likeness (QED) is 0.0204. The third-order valence-corrected chi connectivity index (χ3v) is 19.9. The number of carbonyl (C=O) groups excluding carboxylic acids is 1. The summed E-state index contributed by atoms with van der Waals surface area (Å²) in [7, 11) is 0. The van der Waals surface area contributed by atoms with E-state index in [9.17, 15) is 45.6 Å². The average Bonchev–Trinajstić information content (AvgIpc) is 0.842. The fourth-order valence-electron chi connectivity index (χ4n) is 13.6. The Labute approximate surface area is 570 Å². The van der Waals surface area contributed by atoms with Crippen molar-refractivity contribution in [3.05, 3.63) is 24.3 Å². The first-order valence-electron chi connectivity index (χ1n) is 40.1. The lowest BCUT2D eigenvalue weighted by Gasteiger charge is -2.46. The summed E-state index contributed by atoms with van der Waals surface area (Å²) in [6, 6.07) is -0.930. The van der Waals surface area contributed by atoms with E-state index in [1.165, 1.54) is 315 Å². The largest absolute Gasteiger partial charge is 0.394 e. The molecular formula is C79H151NO13. The Morgan fingerprint density at radius 2 is 0.688 bits per heavy atom. The zero-order chi connectivity index (χ0) is 67.3. The summed E-state index contributed by atoms with van der Waals surface area (Å²) in [5.74, 6) is -0.241. The van der Waals surface area contributed by atoms with Crippen LogP contribution in [0.2, 0.25) is 0 Å². The molecule has 0 bridgehead atoms. The van der Waals surface area contributed by atoms with E-state index >= 15 is 0 Å². The highest BCUT2D eigenvalue weighted by molar-refractivity contribution is 5.76. The third-order valence-electron chi connectivity index (χ3n) is 19.9. The Bertz CT molecular complexity index is 1650. The number of allylic oxidation sites excluding steroid dienone is 3. The normalized spacial score (nSPS) is 22.6. The minimum absolute atomic E-state index is 0.241. The molecule has 0 saturated carbocycles. The molecule has 2 fully saturated rings. The zero-order valence-corrected chi connectivity index (χ0v) is 60.3. The Kier molecular flexibility index (Phi) is 60.1. The molecule has 0 aromatic heterocycles. The molecule has 93 heavy (non-hydrogen) atoms. The first-order valence-corrected chi connectivity index (χ1v) is 40.1. The lowest BCUT2D eigenvalue weighted by molar-refractivity contribution is -0.359. The Hall–Kier alpha value is -1.53. The van der Waals surface area contributed by atoms with Crippen molar-refractivity contribution in [2.75, 3.05) is 19.8 Å². The van der Waals surface area contributed by atoms with Crippen molar-refractivity contribution in [1.82, 2.24) is 5.32 Å². The smallest absolute Gasteiger partial charge is 0.220 e. The van der Waals surface area contributed by atoms with Gasteiger partial charge in [-0.2, -0.15) is 0 Å². The molecule has 12 unspecified atom stereocenters. The van der Waals surface area contributed by atoms with Gasteiger partial charge in [-0.15, -0.1) is 0 Å². The van der Waals surface area contributed by atoms with Crippen LogP contribution in [0.4, 0.5) is 0 Å². The van der Waals surface area contributed by atoms with Crippen LogP contribution in [0.25, 0.3) is 0 Å². The van der Waals surface area contributed by atoms with Gasteiger partial charge in [0.2, 0.25) is 5.91 Å². The van der Waals surface area contributed by atoms with E-state index in [1.807, 2.05) is 6.08 Å². The molecular weight excluding hydrogens is 1170 g/mol. The van der Waals surface area contributed by atoms with Gasteiger partial charge in [-0.1, -0.05) is 366 Å². The van der Waals surface area contributed by atoms with Crippen molar-refractivity contribution in [1.29, 1.82) is 0 Å². The number of hydrogen-bond acceptors (Lipinski definition) is 13. The number of aliphatic hydroxyl groups is 8. The van der Waals surface area contributed by atoms with Crippen LogP contribution in [-0.2, 0) is 23.7 Å². The number of carbonyl (C=O) groups is 1. The molecule has 0 aromatic rings. The first kappa shape index (κ1) is 87.6. The fourth-order valence-corrected chi connectivity index (χ4v) is 13.6. The number of hydrogen-bond donors (Lipinski definition) is 9. The number of rotatable bonds is 68. The van der Waals surface area contributed by atoms with Gasteiger partial charge in [0.1, 0.15) is 48.8 Å². The highest BCUT2D eigenvalue weighted by Gasteiger charge is 2.51. The molecule has 0 aromatic carbocycles. The fraction of sp³-hybridized carbons (Fsp3) is 0.937. The molecule has 0 radical (unpaired) electrons. The van der Waals surface area contributed by atoms with Gasteiger partial charge in [0.25, 0.3) is 0 Å². The molecule has 14 heteroatoms. The van der Waals surface area contributed by atoms with Gasteiger partial charge < -0.3 is 65.1 Å². The predicted octanol–water partition coefficient (Wildman–Crippen LogP) is 17.9. The molecule has 9 N–H and O–H groups in total. The van der Waals surface area contributed by atoms with Gasteiger partial charge in [-0.25, -0.2) is 0 Å². The maximum atomic E-state index is 13.4. The van der Waals surface area contributed by atoms with E-state index < -0.39 is 86.8 Å². The Balaban J connectivity index is 1.55. The maximum absolute atomic E-state index is 13.4. The van der Waals surface area contributed by atoms with Crippen LogP contribution in [-0.4, -0.2) is 140 Å². The maximum Gasteiger partial charge on any atom is 0.220 e. The summed E-state index contributed by atoms with van der Waals surface area (Å²) >= 11 is 0. The molecule has 0 spiro atoms. The second kappa shape index (κ2) is 63.9. The molecule has 14 nitrogen and oxygen atoms in total. The first-order chi connectivity index (χ1) is 45.6. The van der Waals surface area contributed by atoms with Crippen LogP contribution in [0.3, 0.4) is 0 Å². The topological polar surface area (TPSA) is 228 Å². The molecule has 2 aliphatic rings. The highest BCUT2D eigenvalue weighted by Crippen LogP contribution is 2.30. The molecule has 2 heterocycles. The van der Waals surface area contributed by atoms with Crippen LogP contribution in [0.1, 0.15) is 380 Å². The Morgan fingerprint density at radius 3 is 1.05 bits per heavy atom. The van der Waals surface area contributed by atoms with Crippen molar-refractivity contribution in [3.63, 3.8) is 0 Å². The molecule has 2 rings (SSSR count). The predicted molar refractivity (Wildman–Crippen MR) is 383 cm³/mol. The van der Waals surface area contributed by atoms with E-state index in [1.54, 1.807) is 6.08 Å². The monoisotopic (exact) mass is 1320 g/mol. The van der Waals surface area contributed by atoms with E-state index in [0.717, 1.165) is 32.1 Å². The van der Waals surface area contributed by atoms with Crippen molar-refractivity contribution in [3.8, 4) is 0 Å². The van der Waals surface area contributed by atoms with E-state index in [2.05, 4.69) is 31.3 Å². The van der Waals surface area contributed by atoms with Gasteiger partial charge in [0.15, 0.2) is 12.6 Å². The summed E-state index contributed by atoms with van der Waals surface area (Å²) < 4.78 is 22.9. The van der Waals surface area contributed by atoms with Gasteiger partial charge in [0, 0.05) is 6.42 Å². The van der Waals surface area contributed by atoms with Crippen LogP contribution < -0.4 is 5.32 Å². The highest BCUT2D eigenvalue weighted by atomic mass is 16.7. The molecule has 12 atom stereocenters. The van der Waals surface area contributed by atoms with E-state index in [-0.39, 0.29) is 18.9 Å². The van der Waals surface area contributed by atoms with Crippen molar-refractivity contribution in [2.45, 2.75) is 453 Å². The average molecular weight is 1320 g/mol. The summed E-state index contributed by atoms with van der Waals surface area (Å²) in [5.41, 5.74) is 0. The van der Waals surface area contributed by atoms with Gasteiger partial charge in [-0.3, -0.25) is 4.79 Å². The second-order valence-electron chi connectivity index (χ2n) is 28.5. The molecule has 1 amide bonds. The lowest BCUT2D eigenvalue weighted by Crippen LogP contribution is -2.65. The van der Waals surface area contributed by atoms with Crippen LogP contribution in [0.15, 0.2) is 24.3 Å². The zero-order valence-electron chi connectivity index (χ0n) is 60.3. The minimum Gasteiger partial charge on any atom is -0.394 e. The number of nitrogens with one attached hydrogen (secondary N) is 1. The summed E-state index contributed by atoms with van der Waals surface area (Å²) in [6.07, 6.45) is 65.8. The molecule has 2 saturated heterocycles. The molecule has 2 aliphatic heterocycles. The molecule has 550 valence electrons. The van der Waals surface area contributed by atoms with Gasteiger partial charge >= 0.3 is 0 Å². The number of amides is 1. The van der Waals surface area contributed by atoms with Crippen LogP contribution >= 0.6 is 0 Å². The van der Waals surface area contributed by atoms with E-state index in [4.69, 9.17) is 18.9 Å². The Morgan fingerprint density at radius 1 is 0.376 bits per heavy atom. The lowest BCUT2D eigenvalue weighted by atomic mass is 9.97. The standard InChI is InChI=1S/C79H151NO13/c1-3-5-7-9-11-13-15-17-19-21-23-24-25-26-27-28-29-30-31-32-33-34-35-36-37-38-39-40-41-42-43-45-47-49-51-53-55-57-59-61-63-71(84)80-67(68(83)62-60-58-56-54-52-50-48-46-44-22-20-18-16-14-12-10-8-6-4-2)66-90-78-76(89)74(87)77(70(65-82)92-78)93-79-75(88)73(86)72(85)69(64-81)91-79/h52,54,60,62,67-70,72-79,81-83,85-89H,3-51,53,55-59,61,63-66H2,1-2H3,(H,80,84)/b54-52+,62-60+. The van der Waals surface area contributed by atoms with Gasteiger partial charge in [0.05, 0.1) is 32.0 Å². The van der Waals surface area contributed by atoms with Crippen molar-refractivity contribution < 1.29 is 64.6 Å². The SMILES string of the molecule is CCCCCCCCCCCCCCC/C=C/CC/C=C/C(O)C(COC1OC(CO)C(OC2OC(CO)C(O)C(O)C2O)C(O)C1O)NC(=O)CCCCCCCCCCCCCCCCCCCCCCCCCCCCCCCCCCCCCCCCCC. The number of ether oxygens (including phenoxy) is 4. The molecule has 0 aliphatic carbocycles. The number of unbranched alkanes of at least 4 members (excludes halogenated alkanes) is 53. The summed E-state index contributed by atoms with van der Waals surface area (Å²) in [5, 5.41) is 87.5. The van der Waals surface area contributed by atoms with Crippen LogP contribution in [0.5, 0.6) is 0 Å². The second-order valence-corrected chi connectivity index (χ2v) is 28.5. The third kappa shape index (κ3) is 47.2. The van der Waals surface area contributed by atoms with Crippen LogP contribution in [0, 0.1) is 0 Å².